The maximum Gasteiger partial charge on any atom is 0.0462 e. The Bertz CT molecular complexity index is 58.6. The molecule has 11 heavy (non-hydrogen) atoms. The highest BCUT2D eigenvalue weighted by atomic mass is 28.1. The molecule has 0 rings (SSSR count). The summed E-state index contributed by atoms with van der Waals surface area (Å²) in [5, 5.41) is 0. The first-order valence-electron chi connectivity index (χ1n) is 4.55. The van der Waals surface area contributed by atoms with Crippen molar-refractivity contribution in [2.45, 2.75) is 44.6 Å². The molecule has 0 saturated heterocycles. The van der Waals surface area contributed by atoms with E-state index >= 15 is 0 Å². The molecule has 65 valence electrons. The third kappa shape index (κ3) is 10.2. The Morgan fingerprint density at radius 1 is 0.909 bits per heavy atom. The topological polar surface area (TPSA) is 9.23 Å². The van der Waals surface area contributed by atoms with Crippen LogP contribution in [-0.2, 0) is 4.74 Å². The van der Waals surface area contributed by atoms with E-state index < -0.39 is 0 Å². The Kier molecular flexibility index (Phi) is 10.3. The van der Waals surface area contributed by atoms with E-state index in [0.29, 0.717) is 0 Å². The molecule has 0 aromatic rings. The molecule has 0 fully saturated rings. The minimum Gasteiger partial charge on any atom is -0.385 e. The van der Waals surface area contributed by atoms with E-state index in [4.69, 9.17) is 4.74 Å². The van der Waals surface area contributed by atoms with Crippen LogP contribution in [0.2, 0.25) is 6.04 Å². The summed E-state index contributed by atoms with van der Waals surface area (Å²) in [5.74, 6) is 0. The number of hydrogen-bond donors (Lipinski definition) is 0. The lowest BCUT2D eigenvalue weighted by Crippen LogP contribution is -1.88. The molecule has 0 aromatic heterocycles. The first-order valence-corrected chi connectivity index (χ1v) is 5.26. The van der Waals surface area contributed by atoms with Gasteiger partial charge in [-0.25, -0.2) is 0 Å². The fourth-order valence-electron chi connectivity index (χ4n) is 1.08. The van der Waals surface area contributed by atoms with Crippen LogP contribution in [0.4, 0.5) is 0 Å². The highest BCUT2D eigenvalue weighted by Crippen LogP contribution is 2.06. The number of methoxy groups -OCH3 is 1. The van der Waals surface area contributed by atoms with Crippen molar-refractivity contribution in [3.8, 4) is 0 Å². The number of ether oxygens (including phenoxy) is 1. The number of unbranched alkanes of at least 4 members (excludes halogenated alkanes) is 5. The average Bonchev–Trinajstić information content (AvgIpc) is 2.03. The summed E-state index contributed by atoms with van der Waals surface area (Å²) < 4.78 is 4.96. The fraction of sp³-hybridized carbons (Fsp3) is 1.00. The Morgan fingerprint density at radius 2 is 1.45 bits per heavy atom. The minimum absolute atomic E-state index is 0.929. The van der Waals surface area contributed by atoms with Gasteiger partial charge in [0.2, 0.25) is 0 Å². The van der Waals surface area contributed by atoms with Gasteiger partial charge in [0.05, 0.1) is 0 Å². The first kappa shape index (κ1) is 11.2. The van der Waals surface area contributed by atoms with Gasteiger partial charge >= 0.3 is 0 Å². The standard InChI is InChI=1S/C9H19OSi/c1-10-8-6-4-2-3-5-7-9-11/h2-9H2,1H3. The van der Waals surface area contributed by atoms with E-state index in [1.54, 1.807) is 7.11 Å². The quantitative estimate of drug-likeness (QED) is 0.403. The zero-order chi connectivity index (χ0) is 8.36. The van der Waals surface area contributed by atoms with E-state index in [9.17, 15) is 0 Å². The van der Waals surface area contributed by atoms with Crippen LogP contribution < -0.4 is 0 Å². The van der Waals surface area contributed by atoms with Crippen molar-refractivity contribution in [1.29, 1.82) is 0 Å². The van der Waals surface area contributed by atoms with Gasteiger partial charge in [0.25, 0.3) is 0 Å². The molecule has 0 atom stereocenters. The normalized spacial score (nSPS) is 10.4. The predicted molar refractivity (Wildman–Crippen MR) is 50.1 cm³/mol. The summed E-state index contributed by atoms with van der Waals surface area (Å²) in [6.07, 6.45) is 8.00. The molecule has 0 heterocycles. The zero-order valence-electron chi connectivity index (χ0n) is 7.57. The first-order chi connectivity index (χ1) is 5.41. The summed E-state index contributed by atoms with van der Waals surface area (Å²) in [4.78, 5) is 0. The smallest absolute Gasteiger partial charge is 0.0462 e. The Hall–Kier alpha value is 0.177. The van der Waals surface area contributed by atoms with Crippen LogP contribution in [0.15, 0.2) is 0 Å². The van der Waals surface area contributed by atoms with Crippen molar-refractivity contribution >= 4 is 10.2 Å². The minimum atomic E-state index is 0.929. The third-order valence-corrected chi connectivity index (χ3v) is 2.13. The molecule has 3 radical (unpaired) electrons. The van der Waals surface area contributed by atoms with Gasteiger partial charge in [-0.05, 0) is 6.42 Å². The molecule has 0 N–H and O–H groups in total. The molecule has 0 amide bonds. The lowest BCUT2D eigenvalue weighted by Gasteiger charge is -1.99. The molecule has 0 bridgehead atoms. The second-order valence-corrected chi connectivity index (χ2v) is 3.36. The maximum atomic E-state index is 4.96. The van der Waals surface area contributed by atoms with Crippen molar-refractivity contribution < 1.29 is 4.74 Å². The fourth-order valence-corrected chi connectivity index (χ4v) is 1.33. The van der Waals surface area contributed by atoms with Crippen molar-refractivity contribution in [1.82, 2.24) is 0 Å². The highest BCUT2D eigenvalue weighted by Gasteiger charge is 1.89. The van der Waals surface area contributed by atoms with E-state index in [1.807, 2.05) is 0 Å². The van der Waals surface area contributed by atoms with Gasteiger partial charge in [0.15, 0.2) is 0 Å². The van der Waals surface area contributed by atoms with Gasteiger partial charge in [-0.1, -0.05) is 38.1 Å². The van der Waals surface area contributed by atoms with Crippen LogP contribution in [0.3, 0.4) is 0 Å². The van der Waals surface area contributed by atoms with Crippen LogP contribution >= 0.6 is 0 Å². The van der Waals surface area contributed by atoms with Gasteiger partial charge in [0, 0.05) is 24.0 Å². The van der Waals surface area contributed by atoms with E-state index in [2.05, 4.69) is 10.2 Å². The Morgan fingerprint density at radius 3 is 2.00 bits per heavy atom. The van der Waals surface area contributed by atoms with Crippen LogP contribution in [0.25, 0.3) is 0 Å². The van der Waals surface area contributed by atoms with Crippen molar-refractivity contribution in [3.63, 3.8) is 0 Å². The lowest BCUT2D eigenvalue weighted by atomic mass is 10.1. The molecule has 2 heteroatoms. The monoisotopic (exact) mass is 171 g/mol. The van der Waals surface area contributed by atoms with Crippen LogP contribution in [0, 0.1) is 0 Å². The van der Waals surface area contributed by atoms with Gasteiger partial charge in [0.1, 0.15) is 0 Å². The van der Waals surface area contributed by atoms with Gasteiger partial charge in [-0.3, -0.25) is 0 Å². The van der Waals surface area contributed by atoms with Crippen LogP contribution in [0.5, 0.6) is 0 Å². The molecule has 0 aromatic carbocycles. The molecule has 1 nitrogen and oxygen atoms in total. The Labute approximate surface area is 73.9 Å². The highest BCUT2D eigenvalue weighted by molar-refractivity contribution is 6.08. The van der Waals surface area contributed by atoms with Crippen molar-refractivity contribution in [2.75, 3.05) is 13.7 Å². The van der Waals surface area contributed by atoms with Crippen molar-refractivity contribution in [3.05, 3.63) is 0 Å². The van der Waals surface area contributed by atoms with Gasteiger partial charge in [-0.15, -0.1) is 0 Å². The largest absolute Gasteiger partial charge is 0.385 e. The molecular formula is C9H19OSi. The molecular weight excluding hydrogens is 152 g/mol. The lowest BCUT2D eigenvalue weighted by molar-refractivity contribution is 0.192. The molecule has 0 aliphatic heterocycles. The average molecular weight is 171 g/mol. The molecule has 0 saturated carbocycles. The van der Waals surface area contributed by atoms with Crippen molar-refractivity contribution in [2.24, 2.45) is 0 Å². The molecule has 0 aliphatic carbocycles. The predicted octanol–water partition coefficient (Wildman–Crippen LogP) is 2.56. The summed E-state index contributed by atoms with van der Waals surface area (Å²) in [6.45, 7) is 0.929. The zero-order valence-corrected chi connectivity index (χ0v) is 8.57. The maximum absolute atomic E-state index is 4.96. The SMILES string of the molecule is COCCCCCCCC[Si]. The number of rotatable bonds is 8. The van der Waals surface area contributed by atoms with Gasteiger partial charge < -0.3 is 4.74 Å². The molecule has 0 spiro atoms. The van der Waals surface area contributed by atoms with Crippen LogP contribution in [-0.4, -0.2) is 24.0 Å². The second kappa shape index (κ2) is 10.2. The summed E-state index contributed by atoms with van der Waals surface area (Å²) in [7, 11) is 5.24. The van der Waals surface area contributed by atoms with Crippen LogP contribution in [0.1, 0.15) is 38.5 Å². The second-order valence-electron chi connectivity index (χ2n) is 2.86. The van der Waals surface area contributed by atoms with E-state index in [1.165, 1.54) is 38.5 Å². The van der Waals surface area contributed by atoms with E-state index in [-0.39, 0.29) is 0 Å². The third-order valence-electron chi connectivity index (χ3n) is 1.78. The van der Waals surface area contributed by atoms with Gasteiger partial charge in [-0.2, -0.15) is 0 Å². The summed E-state index contributed by atoms with van der Waals surface area (Å²) in [6, 6.07) is 1.15. The summed E-state index contributed by atoms with van der Waals surface area (Å²) in [5.41, 5.74) is 0. The number of hydrogen-bond acceptors (Lipinski definition) is 1. The molecule has 0 unspecified atom stereocenters. The molecule has 0 aliphatic rings. The Balaban J connectivity index is 2.69. The summed E-state index contributed by atoms with van der Waals surface area (Å²) >= 11 is 0. The van der Waals surface area contributed by atoms with E-state index in [0.717, 1.165) is 12.7 Å².